The molecule has 0 bridgehead atoms. The van der Waals surface area contributed by atoms with Crippen LogP contribution in [-0.2, 0) is 16.4 Å². The Kier molecular flexibility index (Phi) is 4.71. The monoisotopic (exact) mass is 350 g/mol. The average Bonchev–Trinajstić information content (AvgIpc) is 2.99. The van der Waals surface area contributed by atoms with Crippen LogP contribution in [0.2, 0.25) is 5.02 Å². The van der Waals surface area contributed by atoms with Crippen molar-refractivity contribution in [2.24, 2.45) is 0 Å². The molecule has 0 spiro atoms. The van der Waals surface area contributed by atoms with Crippen molar-refractivity contribution in [1.29, 1.82) is 0 Å². The standard InChI is InChI=1S/C17H19ClN2O2S/c1-13-8-9-16(12-19-13)23(21,22)20-10-4-6-15(20)11-14-5-2-3-7-17(14)18/h2-3,5,7-9,12,15H,4,6,10-11H2,1H3. The molecule has 1 fully saturated rings. The molecule has 1 aliphatic rings. The lowest BCUT2D eigenvalue weighted by Crippen LogP contribution is -2.36. The molecule has 1 saturated heterocycles. The number of pyridine rings is 1. The van der Waals surface area contributed by atoms with Gasteiger partial charge in [-0.05, 0) is 49.9 Å². The highest BCUT2D eigenvalue weighted by molar-refractivity contribution is 7.89. The number of halogens is 1. The predicted octanol–water partition coefficient (Wildman–Crippen LogP) is 3.44. The van der Waals surface area contributed by atoms with Crippen LogP contribution in [-0.4, -0.2) is 30.3 Å². The molecule has 1 aliphatic heterocycles. The Labute approximate surface area is 142 Å². The van der Waals surface area contributed by atoms with Crippen LogP contribution in [0, 0.1) is 6.92 Å². The maximum atomic E-state index is 12.9. The van der Waals surface area contributed by atoms with E-state index in [0.29, 0.717) is 18.0 Å². The Hall–Kier alpha value is -1.43. The quantitative estimate of drug-likeness (QED) is 0.848. The molecule has 2 heterocycles. The van der Waals surface area contributed by atoms with Crippen LogP contribution in [0.3, 0.4) is 0 Å². The SMILES string of the molecule is Cc1ccc(S(=O)(=O)N2CCCC2Cc2ccccc2Cl)cn1. The molecule has 1 unspecified atom stereocenters. The first-order chi connectivity index (χ1) is 11.0. The number of aryl methyl sites for hydroxylation is 1. The number of hydrogen-bond acceptors (Lipinski definition) is 3. The maximum absolute atomic E-state index is 12.9. The van der Waals surface area contributed by atoms with Gasteiger partial charge in [0.25, 0.3) is 0 Å². The zero-order valence-electron chi connectivity index (χ0n) is 12.9. The van der Waals surface area contributed by atoms with E-state index < -0.39 is 10.0 Å². The summed E-state index contributed by atoms with van der Waals surface area (Å²) < 4.78 is 27.4. The molecule has 0 aliphatic carbocycles. The summed E-state index contributed by atoms with van der Waals surface area (Å²) in [5.74, 6) is 0. The highest BCUT2D eigenvalue weighted by atomic mass is 35.5. The lowest BCUT2D eigenvalue weighted by Gasteiger charge is -2.24. The predicted molar refractivity (Wildman–Crippen MR) is 91.0 cm³/mol. The van der Waals surface area contributed by atoms with Crippen LogP contribution in [0.4, 0.5) is 0 Å². The molecular formula is C17H19ClN2O2S. The second-order valence-electron chi connectivity index (χ2n) is 5.84. The van der Waals surface area contributed by atoms with E-state index in [1.807, 2.05) is 31.2 Å². The summed E-state index contributed by atoms with van der Waals surface area (Å²) in [5, 5.41) is 0.689. The lowest BCUT2D eigenvalue weighted by atomic mass is 10.0. The molecule has 1 atom stereocenters. The van der Waals surface area contributed by atoms with Gasteiger partial charge >= 0.3 is 0 Å². The normalized spacial score (nSPS) is 19.1. The summed E-state index contributed by atoms with van der Waals surface area (Å²) in [7, 11) is -3.51. The minimum absolute atomic E-state index is 0.0544. The molecule has 4 nitrogen and oxygen atoms in total. The summed E-state index contributed by atoms with van der Waals surface area (Å²) in [6, 6.07) is 10.9. The topological polar surface area (TPSA) is 50.3 Å². The fourth-order valence-electron chi connectivity index (χ4n) is 2.99. The molecule has 0 saturated carbocycles. The van der Waals surface area contributed by atoms with E-state index in [2.05, 4.69) is 4.98 Å². The van der Waals surface area contributed by atoms with Crippen molar-refractivity contribution in [3.05, 3.63) is 58.9 Å². The minimum atomic E-state index is -3.51. The van der Waals surface area contributed by atoms with Crippen LogP contribution in [0.15, 0.2) is 47.5 Å². The average molecular weight is 351 g/mol. The van der Waals surface area contributed by atoms with Crippen molar-refractivity contribution in [2.45, 2.75) is 37.1 Å². The van der Waals surface area contributed by atoms with Crippen molar-refractivity contribution in [2.75, 3.05) is 6.54 Å². The van der Waals surface area contributed by atoms with Gasteiger partial charge in [0.05, 0.1) is 0 Å². The van der Waals surface area contributed by atoms with E-state index in [1.165, 1.54) is 6.20 Å². The summed E-state index contributed by atoms with van der Waals surface area (Å²) in [6.07, 6.45) is 3.80. The van der Waals surface area contributed by atoms with Crippen molar-refractivity contribution in [3.63, 3.8) is 0 Å². The fourth-order valence-corrected chi connectivity index (χ4v) is 4.84. The van der Waals surface area contributed by atoms with Gasteiger partial charge in [-0.1, -0.05) is 29.8 Å². The van der Waals surface area contributed by atoms with Crippen LogP contribution in [0.5, 0.6) is 0 Å². The smallest absolute Gasteiger partial charge is 0.244 e. The van der Waals surface area contributed by atoms with Gasteiger partial charge in [0, 0.05) is 29.5 Å². The van der Waals surface area contributed by atoms with E-state index in [0.717, 1.165) is 24.1 Å². The van der Waals surface area contributed by atoms with Crippen LogP contribution in [0.25, 0.3) is 0 Å². The Balaban J connectivity index is 1.86. The third-order valence-corrected chi connectivity index (χ3v) is 6.53. The number of sulfonamides is 1. The summed E-state index contributed by atoms with van der Waals surface area (Å²) in [6.45, 7) is 2.39. The lowest BCUT2D eigenvalue weighted by molar-refractivity contribution is 0.385. The molecule has 122 valence electrons. The van der Waals surface area contributed by atoms with Gasteiger partial charge in [-0.25, -0.2) is 8.42 Å². The summed E-state index contributed by atoms with van der Waals surface area (Å²) >= 11 is 6.22. The van der Waals surface area contributed by atoms with Crippen molar-refractivity contribution in [3.8, 4) is 0 Å². The van der Waals surface area contributed by atoms with Gasteiger partial charge in [0.1, 0.15) is 4.90 Å². The largest absolute Gasteiger partial charge is 0.260 e. The Bertz CT molecular complexity index is 790. The van der Waals surface area contributed by atoms with Crippen molar-refractivity contribution < 1.29 is 8.42 Å². The minimum Gasteiger partial charge on any atom is -0.260 e. The second kappa shape index (κ2) is 6.59. The van der Waals surface area contributed by atoms with Gasteiger partial charge in [-0.15, -0.1) is 0 Å². The van der Waals surface area contributed by atoms with E-state index in [1.54, 1.807) is 16.4 Å². The zero-order chi connectivity index (χ0) is 16.4. The van der Waals surface area contributed by atoms with Crippen LogP contribution < -0.4 is 0 Å². The molecule has 0 amide bonds. The van der Waals surface area contributed by atoms with Crippen LogP contribution in [0.1, 0.15) is 24.1 Å². The van der Waals surface area contributed by atoms with E-state index in [-0.39, 0.29) is 10.9 Å². The third-order valence-electron chi connectivity index (χ3n) is 4.23. The Morgan fingerprint density at radius 2 is 2.04 bits per heavy atom. The number of hydrogen-bond donors (Lipinski definition) is 0. The molecule has 0 radical (unpaired) electrons. The molecule has 0 N–H and O–H groups in total. The number of aromatic nitrogens is 1. The highest BCUT2D eigenvalue weighted by Crippen LogP contribution is 2.29. The Morgan fingerprint density at radius 3 is 2.74 bits per heavy atom. The molecule has 2 aromatic rings. The number of rotatable bonds is 4. The number of nitrogens with zero attached hydrogens (tertiary/aromatic N) is 2. The first-order valence-corrected chi connectivity index (χ1v) is 9.48. The van der Waals surface area contributed by atoms with Gasteiger partial charge in [0.2, 0.25) is 10.0 Å². The fraction of sp³-hybridized carbons (Fsp3) is 0.353. The van der Waals surface area contributed by atoms with E-state index in [9.17, 15) is 8.42 Å². The van der Waals surface area contributed by atoms with Gasteiger partial charge in [-0.2, -0.15) is 4.31 Å². The van der Waals surface area contributed by atoms with Crippen molar-refractivity contribution in [1.82, 2.24) is 9.29 Å². The van der Waals surface area contributed by atoms with Gasteiger partial charge in [0.15, 0.2) is 0 Å². The Morgan fingerprint density at radius 1 is 1.26 bits per heavy atom. The molecule has 23 heavy (non-hydrogen) atoms. The third kappa shape index (κ3) is 3.42. The maximum Gasteiger partial charge on any atom is 0.244 e. The first-order valence-electron chi connectivity index (χ1n) is 7.66. The molecule has 1 aromatic heterocycles. The van der Waals surface area contributed by atoms with Gasteiger partial charge < -0.3 is 0 Å². The van der Waals surface area contributed by atoms with Crippen molar-refractivity contribution >= 4 is 21.6 Å². The van der Waals surface area contributed by atoms with Crippen LogP contribution >= 0.6 is 11.6 Å². The number of benzene rings is 1. The van der Waals surface area contributed by atoms with E-state index >= 15 is 0 Å². The summed E-state index contributed by atoms with van der Waals surface area (Å²) in [4.78, 5) is 4.37. The molecule has 1 aromatic carbocycles. The van der Waals surface area contributed by atoms with Gasteiger partial charge in [-0.3, -0.25) is 4.98 Å². The highest BCUT2D eigenvalue weighted by Gasteiger charge is 2.35. The second-order valence-corrected chi connectivity index (χ2v) is 8.14. The summed E-state index contributed by atoms with van der Waals surface area (Å²) in [5.41, 5.74) is 1.79. The molecule has 6 heteroatoms. The molecular weight excluding hydrogens is 332 g/mol. The zero-order valence-corrected chi connectivity index (χ0v) is 14.5. The first kappa shape index (κ1) is 16.4. The van der Waals surface area contributed by atoms with E-state index in [4.69, 9.17) is 11.6 Å². The molecule has 3 rings (SSSR count).